The van der Waals surface area contributed by atoms with Crippen molar-refractivity contribution in [2.45, 2.75) is 33.1 Å². The van der Waals surface area contributed by atoms with Crippen molar-refractivity contribution in [3.05, 3.63) is 0 Å². The van der Waals surface area contributed by atoms with Crippen molar-refractivity contribution < 1.29 is 9.59 Å². The van der Waals surface area contributed by atoms with Gasteiger partial charge in [0, 0.05) is 6.42 Å². The van der Waals surface area contributed by atoms with E-state index in [1.807, 2.05) is 0 Å². The minimum atomic E-state index is -0.105. The normalized spacial score (nSPS) is 32.9. The second-order valence-corrected chi connectivity index (χ2v) is 4.67. The number of hydrogen-bond donors (Lipinski definition) is 1. The second kappa shape index (κ2) is 2.56. The van der Waals surface area contributed by atoms with Crippen LogP contribution >= 0.6 is 0 Å². The zero-order valence-electron chi connectivity index (χ0n) is 8.09. The quantitative estimate of drug-likeness (QED) is 0.648. The maximum absolute atomic E-state index is 11.4. The molecule has 0 spiro atoms. The first kappa shape index (κ1) is 8.73. The van der Waals surface area contributed by atoms with Gasteiger partial charge < -0.3 is 0 Å². The van der Waals surface area contributed by atoms with Gasteiger partial charge in [-0.2, -0.15) is 0 Å². The first-order chi connectivity index (χ1) is 6.03. The maximum Gasteiger partial charge on any atom is 0.230 e. The zero-order valence-corrected chi connectivity index (χ0v) is 8.09. The van der Waals surface area contributed by atoms with Gasteiger partial charge in [-0.15, -0.1) is 0 Å². The number of amides is 2. The highest BCUT2D eigenvalue weighted by Crippen LogP contribution is 2.54. The van der Waals surface area contributed by atoms with Gasteiger partial charge in [-0.25, -0.2) is 0 Å². The smallest absolute Gasteiger partial charge is 0.230 e. The molecular weight excluding hydrogens is 166 g/mol. The van der Waals surface area contributed by atoms with Crippen molar-refractivity contribution in [1.82, 2.24) is 5.32 Å². The van der Waals surface area contributed by atoms with E-state index in [9.17, 15) is 9.59 Å². The van der Waals surface area contributed by atoms with Crippen LogP contribution in [0.25, 0.3) is 0 Å². The molecule has 72 valence electrons. The Bertz CT molecular complexity index is 268. The molecule has 1 aliphatic heterocycles. The zero-order chi connectivity index (χ0) is 9.64. The summed E-state index contributed by atoms with van der Waals surface area (Å²) in [6.45, 7) is 4.30. The second-order valence-electron chi connectivity index (χ2n) is 4.67. The number of nitrogens with one attached hydrogen (secondary N) is 1. The highest BCUT2D eigenvalue weighted by Gasteiger charge is 2.49. The molecule has 13 heavy (non-hydrogen) atoms. The summed E-state index contributed by atoms with van der Waals surface area (Å²) in [5.41, 5.74) is 0.326. The van der Waals surface area contributed by atoms with Gasteiger partial charge in [0.05, 0.1) is 5.92 Å². The Morgan fingerprint density at radius 3 is 2.46 bits per heavy atom. The molecule has 2 aliphatic rings. The lowest BCUT2D eigenvalue weighted by Crippen LogP contribution is -2.28. The summed E-state index contributed by atoms with van der Waals surface area (Å²) in [4.78, 5) is 22.4. The maximum atomic E-state index is 11.4. The van der Waals surface area contributed by atoms with Crippen molar-refractivity contribution in [2.24, 2.45) is 17.3 Å². The minimum Gasteiger partial charge on any atom is -0.296 e. The van der Waals surface area contributed by atoms with Gasteiger partial charge in [0.15, 0.2) is 0 Å². The van der Waals surface area contributed by atoms with Crippen LogP contribution < -0.4 is 5.32 Å². The molecular formula is C10H15NO2. The van der Waals surface area contributed by atoms with Crippen LogP contribution in [-0.4, -0.2) is 11.8 Å². The van der Waals surface area contributed by atoms with E-state index in [2.05, 4.69) is 19.2 Å². The number of hydrogen-bond acceptors (Lipinski definition) is 2. The fourth-order valence-corrected chi connectivity index (χ4v) is 2.12. The topological polar surface area (TPSA) is 46.2 Å². The van der Waals surface area contributed by atoms with Crippen LogP contribution in [0.1, 0.15) is 33.1 Å². The van der Waals surface area contributed by atoms with Gasteiger partial charge >= 0.3 is 0 Å². The van der Waals surface area contributed by atoms with Crippen LogP contribution in [0.15, 0.2) is 0 Å². The van der Waals surface area contributed by atoms with Gasteiger partial charge in [0.2, 0.25) is 11.8 Å². The first-order valence-corrected chi connectivity index (χ1v) is 4.87. The molecule has 3 heteroatoms. The van der Waals surface area contributed by atoms with E-state index in [0.29, 0.717) is 17.8 Å². The van der Waals surface area contributed by atoms with E-state index < -0.39 is 0 Å². The summed E-state index contributed by atoms with van der Waals surface area (Å²) in [6, 6.07) is 0. The summed E-state index contributed by atoms with van der Waals surface area (Å²) in [5.74, 6) is 0.107. The summed E-state index contributed by atoms with van der Waals surface area (Å²) >= 11 is 0. The molecule has 1 saturated carbocycles. The molecule has 0 aromatic carbocycles. The predicted molar refractivity (Wildman–Crippen MR) is 47.8 cm³/mol. The van der Waals surface area contributed by atoms with Gasteiger partial charge in [0.25, 0.3) is 0 Å². The fraction of sp³-hybridized carbons (Fsp3) is 0.800. The first-order valence-electron chi connectivity index (χ1n) is 4.87. The molecule has 3 nitrogen and oxygen atoms in total. The van der Waals surface area contributed by atoms with E-state index in [1.165, 1.54) is 12.8 Å². The molecule has 2 fully saturated rings. The monoisotopic (exact) mass is 181 g/mol. The van der Waals surface area contributed by atoms with Crippen molar-refractivity contribution in [3.8, 4) is 0 Å². The molecule has 0 bridgehead atoms. The van der Waals surface area contributed by atoms with Crippen molar-refractivity contribution in [2.75, 3.05) is 0 Å². The van der Waals surface area contributed by atoms with Crippen LogP contribution in [0.2, 0.25) is 0 Å². The lowest BCUT2D eigenvalue weighted by molar-refractivity contribution is -0.126. The molecule has 2 unspecified atom stereocenters. The van der Waals surface area contributed by atoms with Crippen molar-refractivity contribution in [3.63, 3.8) is 0 Å². The van der Waals surface area contributed by atoms with Crippen LogP contribution in [-0.2, 0) is 9.59 Å². The predicted octanol–water partition coefficient (Wildman–Crippen LogP) is 1.09. The summed E-state index contributed by atoms with van der Waals surface area (Å²) < 4.78 is 0. The fourth-order valence-electron chi connectivity index (χ4n) is 2.12. The Hall–Kier alpha value is -0.860. The van der Waals surface area contributed by atoms with Crippen molar-refractivity contribution >= 4 is 11.8 Å². The van der Waals surface area contributed by atoms with Gasteiger partial charge in [-0.1, -0.05) is 13.8 Å². The third kappa shape index (κ3) is 1.36. The molecule has 1 saturated heterocycles. The van der Waals surface area contributed by atoms with E-state index in [4.69, 9.17) is 0 Å². The van der Waals surface area contributed by atoms with Gasteiger partial charge in [-0.3, -0.25) is 14.9 Å². The third-order valence-corrected chi connectivity index (χ3v) is 3.75. The van der Waals surface area contributed by atoms with Crippen LogP contribution in [0.5, 0.6) is 0 Å². The Labute approximate surface area is 77.9 Å². The highest BCUT2D eigenvalue weighted by molar-refractivity contribution is 6.03. The summed E-state index contributed by atoms with van der Waals surface area (Å²) in [6.07, 6.45) is 2.80. The molecule has 0 aromatic rings. The molecule has 1 heterocycles. The average Bonchev–Trinajstić information content (AvgIpc) is 2.71. The van der Waals surface area contributed by atoms with Crippen LogP contribution in [0.3, 0.4) is 0 Å². The van der Waals surface area contributed by atoms with E-state index in [1.54, 1.807) is 0 Å². The van der Waals surface area contributed by atoms with Gasteiger partial charge in [0.1, 0.15) is 0 Å². The van der Waals surface area contributed by atoms with E-state index >= 15 is 0 Å². The van der Waals surface area contributed by atoms with Crippen LogP contribution in [0.4, 0.5) is 0 Å². The largest absolute Gasteiger partial charge is 0.296 e. The Kier molecular flexibility index (Phi) is 1.72. The number of carbonyl (C=O) groups excluding carboxylic acids is 2. The molecule has 1 N–H and O–H groups in total. The standard InChI is InChI=1S/C10H15NO2/c1-6(10(2)3-4-10)7-5-8(12)11-9(7)13/h6-7H,3-5H2,1-2H3,(H,11,12,13). The third-order valence-electron chi connectivity index (χ3n) is 3.75. The Morgan fingerprint density at radius 2 is 2.08 bits per heavy atom. The molecule has 2 rings (SSSR count). The van der Waals surface area contributed by atoms with Gasteiger partial charge in [-0.05, 0) is 24.2 Å². The van der Waals surface area contributed by atoms with Crippen LogP contribution in [0, 0.1) is 17.3 Å². The number of carbonyl (C=O) groups is 2. The van der Waals surface area contributed by atoms with Crippen molar-refractivity contribution in [1.29, 1.82) is 0 Å². The molecule has 0 radical (unpaired) electrons. The SMILES string of the molecule is CC(C1CC(=O)NC1=O)C1(C)CC1. The highest BCUT2D eigenvalue weighted by atomic mass is 16.2. The molecule has 0 aromatic heterocycles. The molecule has 2 atom stereocenters. The summed E-state index contributed by atoms with van der Waals surface area (Å²) in [7, 11) is 0. The minimum absolute atomic E-state index is 0.0642. The lowest BCUT2D eigenvalue weighted by atomic mass is 9.80. The number of rotatable bonds is 2. The average molecular weight is 181 g/mol. The number of imide groups is 1. The van der Waals surface area contributed by atoms with E-state index in [0.717, 1.165) is 0 Å². The molecule has 2 amide bonds. The Morgan fingerprint density at radius 1 is 1.46 bits per heavy atom. The van der Waals surface area contributed by atoms with E-state index in [-0.39, 0.29) is 17.7 Å². The molecule has 1 aliphatic carbocycles. The summed E-state index contributed by atoms with van der Waals surface area (Å²) in [5, 5.41) is 2.37. The lowest BCUT2D eigenvalue weighted by Gasteiger charge is -2.22. The Balaban J connectivity index is 2.08.